The van der Waals surface area contributed by atoms with Gasteiger partial charge in [-0.1, -0.05) is 6.07 Å². The fourth-order valence-corrected chi connectivity index (χ4v) is 3.11. The molecule has 1 aliphatic rings. The van der Waals surface area contributed by atoms with Gasteiger partial charge < -0.3 is 9.64 Å². The number of hydrogen-bond acceptors (Lipinski definition) is 4. The average molecular weight is 314 g/mol. The molecule has 0 spiro atoms. The second kappa shape index (κ2) is 7.37. The predicted octanol–water partition coefficient (Wildman–Crippen LogP) is 1.90. The minimum Gasteiger partial charge on any atom is -0.375 e. The highest BCUT2D eigenvalue weighted by Crippen LogP contribution is 2.22. The van der Waals surface area contributed by atoms with Gasteiger partial charge in [-0.25, -0.2) is 0 Å². The van der Waals surface area contributed by atoms with Crippen molar-refractivity contribution in [2.75, 3.05) is 26.8 Å². The van der Waals surface area contributed by atoms with Crippen molar-refractivity contribution >= 4 is 5.91 Å². The van der Waals surface area contributed by atoms with E-state index in [0.29, 0.717) is 5.92 Å². The van der Waals surface area contributed by atoms with Crippen LogP contribution in [-0.4, -0.2) is 52.8 Å². The zero-order chi connectivity index (χ0) is 16.1. The van der Waals surface area contributed by atoms with Crippen LogP contribution in [-0.2, 0) is 16.0 Å². The van der Waals surface area contributed by atoms with Crippen LogP contribution in [0.25, 0.3) is 11.4 Å². The summed E-state index contributed by atoms with van der Waals surface area (Å²) in [6, 6.07) is 6.03. The van der Waals surface area contributed by atoms with Gasteiger partial charge in [0.2, 0.25) is 5.91 Å². The molecular formula is C17H22N4O2. The third-order valence-electron chi connectivity index (χ3n) is 4.27. The van der Waals surface area contributed by atoms with Gasteiger partial charge in [-0.05, 0) is 42.9 Å². The summed E-state index contributed by atoms with van der Waals surface area (Å²) in [5, 5.41) is 6.86. The van der Waals surface area contributed by atoms with Crippen LogP contribution < -0.4 is 0 Å². The molecule has 6 nitrogen and oxygen atoms in total. The maximum Gasteiger partial charge on any atom is 0.248 e. The first kappa shape index (κ1) is 15.7. The summed E-state index contributed by atoms with van der Waals surface area (Å²) in [6.45, 7) is 1.83. The van der Waals surface area contributed by atoms with Crippen molar-refractivity contribution in [1.29, 1.82) is 0 Å². The van der Waals surface area contributed by atoms with E-state index in [9.17, 15) is 4.79 Å². The Morgan fingerprint density at radius 1 is 1.43 bits per heavy atom. The lowest BCUT2D eigenvalue weighted by atomic mass is 9.91. The standard InChI is InChI=1S/C17H22N4O2/c1-23-12-17(22)21-8-2-3-14(11-21)9-13-4-5-15(18-10-13)16-6-7-19-20-16/h4-7,10,14H,2-3,8-9,11-12H2,1H3,(H,19,20)/t14-/m0/s1. The fourth-order valence-electron chi connectivity index (χ4n) is 3.11. The van der Waals surface area contributed by atoms with Gasteiger partial charge in [0, 0.05) is 32.6 Å². The number of likely N-dealkylation sites (tertiary alicyclic amines) is 1. The first-order valence-electron chi connectivity index (χ1n) is 7.97. The highest BCUT2D eigenvalue weighted by atomic mass is 16.5. The maximum atomic E-state index is 12.0. The number of pyridine rings is 1. The highest BCUT2D eigenvalue weighted by Gasteiger charge is 2.23. The number of nitrogens with one attached hydrogen (secondary N) is 1. The molecule has 122 valence electrons. The van der Waals surface area contributed by atoms with Gasteiger partial charge in [0.1, 0.15) is 6.61 Å². The van der Waals surface area contributed by atoms with Gasteiger partial charge in [0.15, 0.2) is 0 Å². The third kappa shape index (κ3) is 3.96. The van der Waals surface area contributed by atoms with E-state index in [2.05, 4.69) is 21.2 Å². The van der Waals surface area contributed by atoms with Crippen molar-refractivity contribution in [2.24, 2.45) is 5.92 Å². The molecule has 1 aliphatic heterocycles. The molecule has 2 aromatic heterocycles. The molecule has 23 heavy (non-hydrogen) atoms. The first-order chi connectivity index (χ1) is 11.3. The van der Waals surface area contributed by atoms with Crippen LogP contribution >= 0.6 is 0 Å². The summed E-state index contributed by atoms with van der Waals surface area (Å²) >= 11 is 0. The number of aromatic amines is 1. The maximum absolute atomic E-state index is 12.0. The Labute approximate surface area is 135 Å². The van der Waals surface area contributed by atoms with Gasteiger partial charge in [-0.15, -0.1) is 0 Å². The topological polar surface area (TPSA) is 71.1 Å². The number of nitrogens with zero attached hydrogens (tertiary/aromatic N) is 3. The minimum atomic E-state index is 0.0879. The molecule has 1 N–H and O–H groups in total. The van der Waals surface area contributed by atoms with Crippen molar-refractivity contribution in [3.05, 3.63) is 36.2 Å². The van der Waals surface area contributed by atoms with Crippen LogP contribution in [0, 0.1) is 5.92 Å². The molecule has 1 atom stereocenters. The number of ether oxygens (including phenoxy) is 1. The molecule has 1 amide bonds. The van der Waals surface area contributed by atoms with Gasteiger partial charge in [0.05, 0.1) is 11.4 Å². The Morgan fingerprint density at radius 3 is 3.04 bits per heavy atom. The Balaban J connectivity index is 1.59. The summed E-state index contributed by atoms with van der Waals surface area (Å²) in [5.41, 5.74) is 3.02. The van der Waals surface area contributed by atoms with Crippen LogP contribution in [0.5, 0.6) is 0 Å². The van der Waals surface area contributed by atoms with Crippen LogP contribution in [0.2, 0.25) is 0 Å². The van der Waals surface area contributed by atoms with Crippen LogP contribution in [0.3, 0.4) is 0 Å². The molecule has 0 saturated carbocycles. The SMILES string of the molecule is COCC(=O)N1CCC[C@@H](Cc2ccc(-c3ccn[nH]3)nc2)C1. The van der Waals surface area contributed by atoms with E-state index in [-0.39, 0.29) is 12.5 Å². The summed E-state index contributed by atoms with van der Waals surface area (Å²) in [6.07, 6.45) is 6.80. The number of amides is 1. The smallest absolute Gasteiger partial charge is 0.248 e. The van der Waals surface area contributed by atoms with Gasteiger partial charge >= 0.3 is 0 Å². The number of piperidine rings is 1. The monoisotopic (exact) mass is 314 g/mol. The summed E-state index contributed by atoms with van der Waals surface area (Å²) in [7, 11) is 1.56. The first-order valence-corrected chi connectivity index (χ1v) is 7.97. The zero-order valence-electron chi connectivity index (χ0n) is 13.4. The molecule has 0 unspecified atom stereocenters. The molecule has 0 bridgehead atoms. The predicted molar refractivity (Wildman–Crippen MR) is 86.7 cm³/mol. The molecule has 1 fully saturated rings. The summed E-state index contributed by atoms with van der Waals surface area (Å²) in [5.74, 6) is 0.578. The number of carbonyl (C=O) groups excluding carboxylic acids is 1. The van der Waals surface area contributed by atoms with E-state index in [4.69, 9.17) is 4.74 Å². The van der Waals surface area contributed by atoms with E-state index in [1.807, 2.05) is 23.2 Å². The Kier molecular flexibility index (Phi) is 5.02. The van der Waals surface area contributed by atoms with Crippen molar-refractivity contribution in [1.82, 2.24) is 20.1 Å². The van der Waals surface area contributed by atoms with Crippen molar-refractivity contribution in [3.8, 4) is 11.4 Å². The van der Waals surface area contributed by atoms with Gasteiger partial charge in [0.25, 0.3) is 0 Å². The summed E-state index contributed by atoms with van der Waals surface area (Å²) in [4.78, 5) is 18.4. The molecule has 1 saturated heterocycles. The zero-order valence-corrected chi connectivity index (χ0v) is 13.4. The largest absolute Gasteiger partial charge is 0.375 e. The highest BCUT2D eigenvalue weighted by molar-refractivity contribution is 5.77. The number of methoxy groups -OCH3 is 1. The quantitative estimate of drug-likeness (QED) is 0.915. The molecule has 2 aromatic rings. The lowest BCUT2D eigenvalue weighted by molar-refractivity contribution is -0.136. The Hall–Kier alpha value is -2.21. The third-order valence-corrected chi connectivity index (χ3v) is 4.27. The average Bonchev–Trinajstić information content (AvgIpc) is 3.11. The number of H-pyrrole nitrogens is 1. The Morgan fingerprint density at radius 2 is 2.35 bits per heavy atom. The van der Waals surface area contributed by atoms with Crippen molar-refractivity contribution in [3.63, 3.8) is 0 Å². The number of carbonyl (C=O) groups is 1. The van der Waals surface area contributed by atoms with Crippen molar-refractivity contribution < 1.29 is 9.53 Å². The van der Waals surface area contributed by atoms with Crippen LogP contribution in [0.4, 0.5) is 0 Å². The molecule has 0 aliphatic carbocycles. The van der Waals surface area contributed by atoms with E-state index < -0.39 is 0 Å². The molecule has 3 heterocycles. The molecule has 3 rings (SSSR count). The molecule has 0 radical (unpaired) electrons. The number of aromatic nitrogens is 3. The van der Waals surface area contributed by atoms with Gasteiger partial charge in [-0.3, -0.25) is 14.9 Å². The molecule has 6 heteroatoms. The number of hydrogen-bond donors (Lipinski definition) is 1. The second-order valence-electron chi connectivity index (χ2n) is 6.01. The lowest BCUT2D eigenvalue weighted by Gasteiger charge is -2.32. The van der Waals surface area contributed by atoms with Gasteiger partial charge in [-0.2, -0.15) is 5.10 Å². The molecular weight excluding hydrogens is 292 g/mol. The van der Waals surface area contributed by atoms with Crippen LogP contribution in [0.1, 0.15) is 18.4 Å². The van der Waals surface area contributed by atoms with E-state index >= 15 is 0 Å². The number of rotatable bonds is 5. The minimum absolute atomic E-state index is 0.0879. The van der Waals surface area contributed by atoms with E-state index in [0.717, 1.165) is 43.7 Å². The normalized spacial score (nSPS) is 18.1. The lowest BCUT2D eigenvalue weighted by Crippen LogP contribution is -2.42. The fraction of sp³-hybridized carbons (Fsp3) is 0.471. The van der Waals surface area contributed by atoms with E-state index in [1.54, 1.807) is 13.3 Å². The van der Waals surface area contributed by atoms with E-state index in [1.165, 1.54) is 5.56 Å². The van der Waals surface area contributed by atoms with Crippen molar-refractivity contribution in [2.45, 2.75) is 19.3 Å². The van der Waals surface area contributed by atoms with Crippen LogP contribution in [0.15, 0.2) is 30.6 Å². The summed E-state index contributed by atoms with van der Waals surface area (Å²) < 4.78 is 4.95. The molecule has 0 aromatic carbocycles. The Bertz CT molecular complexity index is 625. The second-order valence-corrected chi connectivity index (χ2v) is 6.01.